The van der Waals surface area contributed by atoms with Crippen molar-refractivity contribution >= 4 is 17.5 Å². The van der Waals surface area contributed by atoms with Gasteiger partial charge in [-0.05, 0) is 17.7 Å². The van der Waals surface area contributed by atoms with Crippen LogP contribution in [-0.2, 0) is 4.79 Å². The number of hydrogen-bond acceptors (Lipinski definition) is 7. The third-order valence-corrected chi connectivity index (χ3v) is 4.62. The van der Waals surface area contributed by atoms with E-state index in [1.807, 2.05) is 12.1 Å². The van der Waals surface area contributed by atoms with Gasteiger partial charge in [-0.15, -0.1) is 0 Å². The highest BCUT2D eigenvalue weighted by Crippen LogP contribution is 2.38. The summed E-state index contributed by atoms with van der Waals surface area (Å²) in [5.74, 6) is -4.18. The van der Waals surface area contributed by atoms with Crippen LogP contribution in [0.5, 0.6) is 0 Å². The fourth-order valence-electron chi connectivity index (χ4n) is 3.14. The lowest BCUT2D eigenvalue weighted by atomic mass is 9.78. The molecular weight excluding hydrogens is 388 g/mol. The average molecular weight is 402 g/mol. The molecule has 0 aliphatic carbocycles. The summed E-state index contributed by atoms with van der Waals surface area (Å²) in [6.07, 6.45) is 0. The molecule has 1 heterocycles. The van der Waals surface area contributed by atoms with E-state index in [-0.39, 0.29) is 22.6 Å². The molecule has 2 amide bonds. The maximum atomic E-state index is 12.9. The molecule has 0 radical (unpaired) electrons. The van der Waals surface area contributed by atoms with Gasteiger partial charge in [0.25, 0.3) is 17.5 Å². The monoisotopic (exact) mass is 402 g/mol. The molecule has 1 aliphatic heterocycles. The molecule has 2 aromatic carbocycles. The molecule has 0 saturated heterocycles. The number of amides is 2. The first kappa shape index (κ1) is 20.0. The molecule has 10 nitrogen and oxygen atoms in total. The lowest BCUT2D eigenvalue weighted by Crippen LogP contribution is -2.54. The maximum absolute atomic E-state index is 12.9. The lowest BCUT2D eigenvalue weighted by Gasteiger charge is -2.34. The Labute approximate surface area is 170 Å². The number of nitrogens with two attached hydrogens (primary N) is 1. The molecule has 30 heavy (non-hydrogen) atoms. The SMILES string of the molecule is N#CC1=C(N)N(NC(=O)c2ccccc2)C(=O)C(C#N)C1c1ccc([N+](=O)[O-])cc1. The van der Waals surface area contributed by atoms with Crippen LogP contribution in [0.25, 0.3) is 0 Å². The quantitative estimate of drug-likeness (QED) is 0.580. The average Bonchev–Trinajstić information content (AvgIpc) is 2.76. The number of nitrogens with zero attached hydrogens (tertiary/aromatic N) is 4. The van der Waals surface area contributed by atoms with Gasteiger partial charge in [-0.2, -0.15) is 10.5 Å². The van der Waals surface area contributed by atoms with Crippen molar-refractivity contribution in [3.63, 3.8) is 0 Å². The number of hydrazine groups is 1. The van der Waals surface area contributed by atoms with Crippen molar-refractivity contribution in [2.75, 3.05) is 0 Å². The Kier molecular flexibility index (Phi) is 5.43. The summed E-state index contributed by atoms with van der Waals surface area (Å²) in [7, 11) is 0. The number of carbonyl (C=O) groups excluding carboxylic acids is 2. The molecule has 0 bridgehead atoms. The van der Waals surface area contributed by atoms with E-state index in [1.54, 1.807) is 18.2 Å². The minimum atomic E-state index is -1.37. The Morgan fingerprint density at radius 2 is 1.77 bits per heavy atom. The molecule has 148 valence electrons. The Morgan fingerprint density at radius 3 is 2.30 bits per heavy atom. The Morgan fingerprint density at radius 1 is 1.13 bits per heavy atom. The summed E-state index contributed by atoms with van der Waals surface area (Å²) in [5.41, 5.74) is 8.64. The number of nitrogens with one attached hydrogen (secondary N) is 1. The van der Waals surface area contributed by atoms with E-state index in [4.69, 9.17) is 5.73 Å². The van der Waals surface area contributed by atoms with E-state index >= 15 is 0 Å². The number of carbonyl (C=O) groups is 2. The van der Waals surface area contributed by atoms with Crippen LogP contribution in [0.2, 0.25) is 0 Å². The second kappa shape index (κ2) is 8.12. The van der Waals surface area contributed by atoms with Crippen LogP contribution < -0.4 is 11.2 Å². The van der Waals surface area contributed by atoms with E-state index in [0.717, 1.165) is 0 Å². The number of rotatable bonds is 4. The fourth-order valence-corrected chi connectivity index (χ4v) is 3.14. The highest BCUT2D eigenvalue weighted by atomic mass is 16.6. The predicted molar refractivity (Wildman–Crippen MR) is 103 cm³/mol. The number of allylic oxidation sites excluding steroid dienone is 1. The highest BCUT2D eigenvalue weighted by molar-refractivity contribution is 5.97. The third-order valence-electron chi connectivity index (χ3n) is 4.62. The van der Waals surface area contributed by atoms with Gasteiger partial charge in [0.2, 0.25) is 0 Å². The van der Waals surface area contributed by atoms with Gasteiger partial charge in [-0.1, -0.05) is 30.3 Å². The van der Waals surface area contributed by atoms with Gasteiger partial charge in [0, 0.05) is 23.6 Å². The van der Waals surface area contributed by atoms with Crippen LogP contribution in [-0.4, -0.2) is 21.7 Å². The first-order valence-electron chi connectivity index (χ1n) is 8.62. The molecule has 0 fully saturated rings. The minimum absolute atomic E-state index is 0.108. The van der Waals surface area contributed by atoms with E-state index in [0.29, 0.717) is 10.6 Å². The zero-order chi connectivity index (χ0) is 21.8. The molecule has 3 N–H and O–H groups in total. The summed E-state index contributed by atoms with van der Waals surface area (Å²) in [6, 6.07) is 16.9. The number of non-ortho nitro benzene ring substituents is 1. The Hall–Kier alpha value is -4.70. The van der Waals surface area contributed by atoms with Gasteiger partial charge in [-0.25, -0.2) is 5.01 Å². The van der Waals surface area contributed by atoms with Crippen molar-refractivity contribution in [2.24, 2.45) is 11.7 Å². The summed E-state index contributed by atoms with van der Waals surface area (Å²) in [6.45, 7) is 0. The summed E-state index contributed by atoms with van der Waals surface area (Å²) < 4.78 is 0. The first-order valence-corrected chi connectivity index (χ1v) is 8.62. The predicted octanol–water partition coefficient (Wildman–Crippen LogP) is 1.70. The molecule has 0 saturated carbocycles. The standard InChI is InChI=1S/C20H14N6O4/c21-10-15-17(12-6-8-14(9-7-12)26(29)30)16(11-22)20(28)25(18(15)23)24-19(27)13-4-2-1-3-5-13/h1-9,16-17H,23H2,(H,24,27). The maximum Gasteiger partial charge on any atom is 0.270 e. The van der Waals surface area contributed by atoms with Crippen molar-refractivity contribution in [3.8, 4) is 12.1 Å². The van der Waals surface area contributed by atoms with Crippen LogP contribution in [0, 0.1) is 38.7 Å². The van der Waals surface area contributed by atoms with Gasteiger partial charge in [0.05, 0.1) is 22.6 Å². The minimum Gasteiger partial charge on any atom is -0.383 e. The van der Waals surface area contributed by atoms with Crippen molar-refractivity contribution in [1.82, 2.24) is 10.4 Å². The van der Waals surface area contributed by atoms with Crippen LogP contribution in [0.1, 0.15) is 21.8 Å². The molecular formula is C20H14N6O4. The van der Waals surface area contributed by atoms with Crippen LogP contribution in [0.15, 0.2) is 66.0 Å². The molecule has 3 rings (SSSR count). The largest absolute Gasteiger partial charge is 0.383 e. The van der Waals surface area contributed by atoms with Gasteiger partial charge >= 0.3 is 0 Å². The molecule has 2 unspecified atom stereocenters. The zero-order valence-corrected chi connectivity index (χ0v) is 15.4. The third kappa shape index (κ3) is 3.53. The van der Waals surface area contributed by atoms with Gasteiger partial charge in [0.15, 0.2) is 0 Å². The van der Waals surface area contributed by atoms with Crippen molar-refractivity contribution in [2.45, 2.75) is 5.92 Å². The molecule has 0 aromatic heterocycles. The summed E-state index contributed by atoms with van der Waals surface area (Å²) in [5, 5.41) is 30.8. The van der Waals surface area contributed by atoms with Gasteiger partial charge < -0.3 is 5.73 Å². The number of benzene rings is 2. The Bertz CT molecular complexity index is 1130. The number of hydrogen-bond donors (Lipinski definition) is 2. The second-order valence-corrected chi connectivity index (χ2v) is 6.32. The Balaban J connectivity index is 2.02. The second-order valence-electron chi connectivity index (χ2n) is 6.32. The van der Waals surface area contributed by atoms with E-state index in [9.17, 15) is 30.2 Å². The topological polar surface area (TPSA) is 166 Å². The molecule has 1 aliphatic rings. The normalized spacial score (nSPS) is 18.3. The zero-order valence-electron chi connectivity index (χ0n) is 15.4. The molecule has 10 heteroatoms. The summed E-state index contributed by atoms with van der Waals surface area (Å²) >= 11 is 0. The van der Waals surface area contributed by atoms with Crippen LogP contribution in [0.3, 0.4) is 0 Å². The number of nitro groups is 1. The van der Waals surface area contributed by atoms with Crippen LogP contribution in [0.4, 0.5) is 5.69 Å². The van der Waals surface area contributed by atoms with E-state index < -0.39 is 28.6 Å². The lowest BCUT2D eigenvalue weighted by molar-refractivity contribution is -0.384. The first-order chi connectivity index (χ1) is 14.4. The van der Waals surface area contributed by atoms with E-state index in [1.165, 1.54) is 36.4 Å². The van der Waals surface area contributed by atoms with Crippen LogP contribution >= 0.6 is 0 Å². The fraction of sp³-hybridized carbons (Fsp3) is 0.100. The highest BCUT2D eigenvalue weighted by Gasteiger charge is 2.43. The smallest absolute Gasteiger partial charge is 0.270 e. The van der Waals surface area contributed by atoms with Crippen molar-refractivity contribution in [3.05, 3.63) is 87.2 Å². The van der Waals surface area contributed by atoms with Gasteiger partial charge in [-0.3, -0.25) is 25.1 Å². The molecule has 2 aromatic rings. The molecule has 2 atom stereocenters. The van der Waals surface area contributed by atoms with Crippen molar-refractivity contribution in [1.29, 1.82) is 10.5 Å². The number of nitriles is 2. The number of nitro benzene ring substituents is 1. The van der Waals surface area contributed by atoms with Gasteiger partial charge in [0.1, 0.15) is 11.7 Å². The summed E-state index contributed by atoms with van der Waals surface area (Å²) in [4.78, 5) is 35.6. The molecule has 0 spiro atoms. The van der Waals surface area contributed by atoms with E-state index in [2.05, 4.69) is 5.43 Å². The van der Waals surface area contributed by atoms with Crippen molar-refractivity contribution < 1.29 is 14.5 Å².